The molecule has 0 unspecified atom stereocenters. The number of nitrogens with one attached hydrogen (secondary N) is 2. The zero-order chi connectivity index (χ0) is 12.8. The van der Waals surface area contributed by atoms with Crippen LogP contribution >= 0.6 is 0 Å². The van der Waals surface area contributed by atoms with Gasteiger partial charge in [0.2, 0.25) is 0 Å². The molecule has 0 aliphatic rings. The lowest BCUT2D eigenvalue weighted by Gasteiger charge is -2.06. The van der Waals surface area contributed by atoms with Gasteiger partial charge in [0.25, 0.3) is 0 Å². The van der Waals surface area contributed by atoms with Crippen LogP contribution < -0.4 is 39.2 Å². The molecular weight excluding hydrogens is 353 g/mol. The molecule has 100 valence electrons. The number of hydrogen-bond acceptors (Lipinski definition) is 1. The molecule has 2 rings (SSSR count). The molecule has 0 bridgehead atoms. The van der Waals surface area contributed by atoms with Crippen LogP contribution in [-0.2, 0) is 13.6 Å². The highest BCUT2D eigenvalue weighted by Gasteiger charge is 2.02. The maximum atomic E-state index is 11.6. The zero-order valence-electron chi connectivity index (χ0n) is 10.6. The van der Waals surface area contributed by atoms with Gasteiger partial charge in [-0.25, -0.2) is 9.36 Å². The largest absolute Gasteiger partial charge is 1.00 e. The van der Waals surface area contributed by atoms with Crippen molar-refractivity contribution in [1.29, 1.82) is 0 Å². The monoisotopic (exact) mass is 369 g/mol. The Bertz CT molecular complexity index is 514. The number of aromatic nitrogens is 1. The number of aryl methyl sites for hydroxylation is 1. The van der Waals surface area contributed by atoms with E-state index in [0.717, 1.165) is 11.3 Å². The lowest BCUT2D eigenvalue weighted by atomic mass is 10.2. The van der Waals surface area contributed by atoms with E-state index in [-0.39, 0.29) is 30.0 Å². The molecule has 19 heavy (non-hydrogen) atoms. The van der Waals surface area contributed by atoms with Gasteiger partial charge >= 0.3 is 6.03 Å². The molecule has 0 aliphatic heterocycles. The predicted octanol–water partition coefficient (Wildman–Crippen LogP) is -1.16. The summed E-state index contributed by atoms with van der Waals surface area (Å²) in [5.41, 5.74) is 1.85. The van der Waals surface area contributed by atoms with E-state index in [0.29, 0.717) is 6.54 Å². The van der Waals surface area contributed by atoms with Crippen molar-refractivity contribution in [1.82, 2.24) is 5.32 Å². The number of rotatable bonds is 3. The summed E-state index contributed by atoms with van der Waals surface area (Å²) in [5.74, 6) is 0. The first-order valence-electron chi connectivity index (χ1n) is 5.78. The van der Waals surface area contributed by atoms with Crippen LogP contribution in [0.4, 0.5) is 10.5 Å². The van der Waals surface area contributed by atoms with E-state index in [9.17, 15) is 4.79 Å². The Kier molecular flexibility index (Phi) is 6.27. The fraction of sp³-hybridized carbons (Fsp3) is 0.143. The van der Waals surface area contributed by atoms with E-state index in [1.165, 1.54) is 0 Å². The summed E-state index contributed by atoms with van der Waals surface area (Å²) in [4.78, 5) is 11.6. The van der Waals surface area contributed by atoms with Gasteiger partial charge in [-0.05, 0) is 5.56 Å². The summed E-state index contributed by atoms with van der Waals surface area (Å²) in [7, 11) is 1.93. The van der Waals surface area contributed by atoms with E-state index in [4.69, 9.17) is 0 Å². The van der Waals surface area contributed by atoms with Gasteiger partial charge in [0, 0.05) is 18.7 Å². The number of anilines is 1. The lowest BCUT2D eigenvalue weighted by molar-refractivity contribution is -0.671. The van der Waals surface area contributed by atoms with Crippen LogP contribution in [0, 0.1) is 0 Å². The van der Waals surface area contributed by atoms with Crippen LogP contribution in [0.1, 0.15) is 5.56 Å². The minimum Gasteiger partial charge on any atom is -1.00 e. The minimum absolute atomic E-state index is 0. The Hall–Kier alpha value is -1.63. The second kappa shape index (κ2) is 7.73. The molecule has 0 spiro atoms. The second-order valence-electron chi connectivity index (χ2n) is 4.05. The van der Waals surface area contributed by atoms with Gasteiger partial charge in [-0.15, -0.1) is 0 Å². The Morgan fingerprint density at radius 2 is 1.74 bits per heavy atom. The van der Waals surface area contributed by atoms with E-state index in [1.807, 2.05) is 66.5 Å². The summed E-state index contributed by atoms with van der Waals surface area (Å²) in [5, 5.41) is 5.58. The standard InChI is InChI=1S/C14H15N3O.HI/c1-17-9-7-13(8-10-17)16-14(18)15-11-12-5-3-2-4-6-12;/h2-10H,11H2,1H3,(H,15,18);1H. The maximum Gasteiger partial charge on any atom is 0.319 e. The minimum atomic E-state index is -0.201. The molecule has 1 aromatic heterocycles. The van der Waals surface area contributed by atoms with Crippen molar-refractivity contribution in [2.45, 2.75) is 6.54 Å². The number of hydrogen-bond donors (Lipinski definition) is 2. The molecule has 0 fully saturated rings. The van der Waals surface area contributed by atoms with Crippen molar-refractivity contribution < 1.29 is 33.3 Å². The highest BCUT2D eigenvalue weighted by molar-refractivity contribution is 5.88. The molecule has 1 aromatic carbocycles. The Morgan fingerprint density at radius 1 is 1.11 bits per heavy atom. The van der Waals surface area contributed by atoms with E-state index < -0.39 is 0 Å². The summed E-state index contributed by atoms with van der Waals surface area (Å²) in [6, 6.07) is 13.3. The number of amides is 2. The van der Waals surface area contributed by atoms with Crippen LogP contribution in [0.2, 0.25) is 0 Å². The molecule has 2 aromatic rings. The van der Waals surface area contributed by atoms with Crippen LogP contribution in [0.3, 0.4) is 0 Å². The Labute approximate surface area is 129 Å². The zero-order valence-corrected chi connectivity index (χ0v) is 12.8. The third-order valence-corrected chi connectivity index (χ3v) is 2.53. The molecule has 0 aliphatic carbocycles. The highest BCUT2D eigenvalue weighted by Crippen LogP contribution is 2.02. The van der Waals surface area contributed by atoms with Gasteiger partial charge in [-0.2, -0.15) is 0 Å². The van der Waals surface area contributed by atoms with Gasteiger partial charge in [0.05, 0.1) is 5.69 Å². The molecule has 0 atom stereocenters. The van der Waals surface area contributed by atoms with Crippen LogP contribution in [0.5, 0.6) is 0 Å². The number of urea groups is 1. The number of halogens is 1. The SMILES string of the molecule is C[n+]1ccc(NC(=O)NCc2ccccc2)cc1.[I-]. The van der Waals surface area contributed by atoms with E-state index in [2.05, 4.69) is 10.6 Å². The van der Waals surface area contributed by atoms with Crippen LogP contribution in [0.15, 0.2) is 54.9 Å². The summed E-state index contributed by atoms with van der Waals surface area (Å²) in [6.45, 7) is 0.521. The summed E-state index contributed by atoms with van der Waals surface area (Å²) in [6.07, 6.45) is 3.76. The number of carbonyl (C=O) groups is 1. The summed E-state index contributed by atoms with van der Waals surface area (Å²) < 4.78 is 1.91. The van der Waals surface area contributed by atoms with Crippen molar-refractivity contribution in [3.05, 3.63) is 60.4 Å². The lowest BCUT2D eigenvalue weighted by Crippen LogP contribution is -3.00. The van der Waals surface area contributed by atoms with Crippen LogP contribution in [0.25, 0.3) is 0 Å². The molecular formula is C14H16IN3O. The summed E-state index contributed by atoms with van der Waals surface area (Å²) >= 11 is 0. The van der Waals surface area contributed by atoms with Crippen molar-refractivity contribution in [3.63, 3.8) is 0 Å². The fourth-order valence-electron chi connectivity index (χ4n) is 1.54. The third-order valence-electron chi connectivity index (χ3n) is 2.53. The van der Waals surface area contributed by atoms with Crippen molar-refractivity contribution in [2.75, 3.05) is 5.32 Å². The molecule has 4 nitrogen and oxygen atoms in total. The van der Waals surface area contributed by atoms with Crippen molar-refractivity contribution in [2.24, 2.45) is 7.05 Å². The number of pyridine rings is 1. The molecule has 0 saturated carbocycles. The molecule has 2 amide bonds. The fourth-order valence-corrected chi connectivity index (χ4v) is 1.54. The first kappa shape index (κ1) is 15.4. The van der Waals surface area contributed by atoms with Gasteiger partial charge in [0.15, 0.2) is 12.4 Å². The number of benzene rings is 1. The maximum absolute atomic E-state index is 11.6. The molecule has 1 heterocycles. The normalized spacial score (nSPS) is 9.32. The van der Waals surface area contributed by atoms with Gasteiger partial charge in [0.1, 0.15) is 7.05 Å². The first-order valence-corrected chi connectivity index (χ1v) is 5.78. The highest BCUT2D eigenvalue weighted by atomic mass is 127. The first-order chi connectivity index (χ1) is 8.74. The Morgan fingerprint density at radius 3 is 2.37 bits per heavy atom. The number of nitrogens with zero attached hydrogens (tertiary/aromatic N) is 1. The van der Waals surface area contributed by atoms with E-state index >= 15 is 0 Å². The smallest absolute Gasteiger partial charge is 0.319 e. The molecule has 0 radical (unpaired) electrons. The van der Waals surface area contributed by atoms with Gasteiger partial charge in [-0.3, -0.25) is 0 Å². The Balaban J connectivity index is 0.00000180. The number of carbonyl (C=O) groups excluding carboxylic acids is 1. The van der Waals surface area contributed by atoms with E-state index in [1.54, 1.807) is 0 Å². The predicted molar refractivity (Wildman–Crippen MR) is 69.9 cm³/mol. The quantitative estimate of drug-likeness (QED) is 0.520. The van der Waals surface area contributed by atoms with Gasteiger partial charge in [-0.1, -0.05) is 30.3 Å². The average Bonchev–Trinajstić information content (AvgIpc) is 2.40. The van der Waals surface area contributed by atoms with Crippen molar-refractivity contribution >= 4 is 11.7 Å². The molecule has 5 heteroatoms. The average molecular weight is 369 g/mol. The third kappa shape index (κ3) is 5.25. The topological polar surface area (TPSA) is 45.0 Å². The van der Waals surface area contributed by atoms with Gasteiger partial charge < -0.3 is 34.6 Å². The van der Waals surface area contributed by atoms with Crippen molar-refractivity contribution in [3.8, 4) is 0 Å². The molecule has 2 N–H and O–H groups in total. The second-order valence-corrected chi connectivity index (χ2v) is 4.05. The molecule has 0 saturated heterocycles. The van der Waals surface area contributed by atoms with Crippen LogP contribution in [-0.4, -0.2) is 6.03 Å².